The SMILES string of the molecule is C.CCOC.CO.COCOC. The molecule has 4 heteroatoms. The summed E-state index contributed by atoms with van der Waals surface area (Å²) in [6, 6.07) is 0. The zero-order valence-electron chi connectivity index (χ0n) is 8.09. The van der Waals surface area contributed by atoms with Gasteiger partial charge in [-0.05, 0) is 6.92 Å². The summed E-state index contributed by atoms with van der Waals surface area (Å²) in [4.78, 5) is 0. The third kappa shape index (κ3) is 95.3. The van der Waals surface area contributed by atoms with Gasteiger partial charge < -0.3 is 19.3 Å². The smallest absolute Gasteiger partial charge is 0.145 e. The van der Waals surface area contributed by atoms with E-state index in [-0.39, 0.29) is 7.43 Å². The van der Waals surface area contributed by atoms with Gasteiger partial charge in [0.05, 0.1) is 0 Å². The van der Waals surface area contributed by atoms with Gasteiger partial charge in [-0.25, -0.2) is 0 Å². The van der Waals surface area contributed by atoms with E-state index >= 15 is 0 Å². The van der Waals surface area contributed by atoms with Crippen molar-refractivity contribution in [1.29, 1.82) is 0 Å². The van der Waals surface area contributed by atoms with Crippen molar-refractivity contribution < 1.29 is 19.3 Å². The molecule has 0 aromatic carbocycles. The Balaban J connectivity index is -0.0000000419. The standard InChI is InChI=1S/C3H8O2.C3H8O.CH4O.CH4/c1-4-3-5-2;1-3-4-2;1-2;/h3H2,1-2H3;3H2,1-2H3;2H,1H3;1H4. The molecule has 0 saturated carbocycles. The first-order valence-corrected chi connectivity index (χ1v) is 3.25. The van der Waals surface area contributed by atoms with Crippen molar-refractivity contribution in [1.82, 2.24) is 0 Å². The van der Waals surface area contributed by atoms with Crippen LogP contribution in [-0.2, 0) is 14.2 Å². The van der Waals surface area contributed by atoms with Crippen molar-refractivity contribution in [3.05, 3.63) is 0 Å². The predicted molar refractivity (Wildman–Crippen MR) is 51.3 cm³/mol. The van der Waals surface area contributed by atoms with Crippen LogP contribution in [-0.4, -0.2) is 46.9 Å². The van der Waals surface area contributed by atoms with Crippen molar-refractivity contribution in [2.45, 2.75) is 14.4 Å². The third-order valence-electron chi connectivity index (χ3n) is 0.524. The molecule has 0 atom stereocenters. The third-order valence-corrected chi connectivity index (χ3v) is 0.524. The lowest BCUT2D eigenvalue weighted by Crippen LogP contribution is -1.87. The van der Waals surface area contributed by atoms with Gasteiger partial charge in [0.15, 0.2) is 0 Å². The first-order valence-electron chi connectivity index (χ1n) is 3.25. The van der Waals surface area contributed by atoms with Gasteiger partial charge in [-0.3, -0.25) is 0 Å². The molecule has 0 radical (unpaired) electrons. The van der Waals surface area contributed by atoms with Crippen LogP contribution in [0.2, 0.25) is 0 Å². The minimum absolute atomic E-state index is 0. The van der Waals surface area contributed by atoms with Crippen LogP contribution in [0, 0.1) is 0 Å². The number of aliphatic hydroxyl groups excluding tert-OH is 1. The van der Waals surface area contributed by atoms with E-state index in [1.165, 1.54) is 0 Å². The molecular weight excluding hydrogens is 160 g/mol. The van der Waals surface area contributed by atoms with Gasteiger partial charge in [-0.1, -0.05) is 7.43 Å². The lowest BCUT2D eigenvalue weighted by molar-refractivity contribution is -0.00271. The second-order valence-electron chi connectivity index (χ2n) is 1.27. The molecule has 0 aromatic heterocycles. The van der Waals surface area contributed by atoms with Gasteiger partial charge in [0.1, 0.15) is 6.79 Å². The van der Waals surface area contributed by atoms with E-state index in [1.807, 2.05) is 6.92 Å². The highest BCUT2D eigenvalue weighted by atomic mass is 16.6. The van der Waals surface area contributed by atoms with Crippen LogP contribution < -0.4 is 0 Å². The molecule has 0 bridgehead atoms. The minimum atomic E-state index is 0. The largest absolute Gasteiger partial charge is 0.400 e. The average Bonchev–Trinajstić information content (AvgIpc) is 2.10. The molecule has 0 aliphatic carbocycles. The van der Waals surface area contributed by atoms with Gasteiger partial charge in [0.2, 0.25) is 0 Å². The topological polar surface area (TPSA) is 47.9 Å². The molecule has 4 nitrogen and oxygen atoms in total. The molecule has 12 heavy (non-hydrogen) atoms. The Morgan fingerprint density at radius 1 is 0.917 bits per heavy atom. The fourth-order valence-electron chi connectivity index (χ4n) is 0.118. The first-order chi connectivity index (χ1) is 5.33. The average molecular weight is 184 g/mol. The Bertz CT molecular complexity index is 30.2. The molecule has 80 valence electrons. The number of hydrogen-bond donors (Lipinski definition) is 1. The monoisotopic (exact) mass is 184 g/mol. The second kappa shape index (κ2) is 44.8. The summed E-state index contributed by atoms with van der Waals surface area (Å²) < 4.78 is 13.5. The van der Waals surface area contributed by atoms with E-state index in [2.05, 4.69) is 14.2 Å². The molecule has 0 aromatic rings. The number of methoxy groups -OCH3 is 3. The molecule has 0 aliphatic rings. The van der Waals surface area contributed by atoms with Crippen LogP contribution in [0.5, 0.6) is 0 Å². The molecule has 0 rings (SSSR count). The second-order valence-corrected chi connectivity index (χ2v) is 1.27. The predicted octanol–water partition coefficient (Wildman–Crippen LogP) is 1.13. The summed E-state index contributed by atoms with van der Waals surface area (Å²) >= 11 is 0. The van der Waals surface area contributed by atoms with Crippen LogP contribution in [0.1, 0.15) is 14.4 Å². The van der Waals surface area contributed by atoms with Crippen molar-refractivity contribution in [3.8, 4) is 0 Å². The van der Waals surface area contributed by atoms with Gasteiger partial charge >= 0.3 is 0 Å². The summed E-state index contributed by atoms with van der Waals surface area (Å²) in [6.07, 6.45) is 0. The fourth-order valence-corrected chi connectivity index (χ4v) is 0.118. The number of aliphatic hydroxyl groups is 1. The Labute approximate surface area is 76.4 Å². The summed E-state index contributed by atoms with van der Waals surface area (Å²) in [6.45, 7) is 3.17. The zero-order chi connectivity index (χ0) is 9.54. The van der Waals surface area contributed by atoms with E-state index in [4.69, 9.17) is 5.11 Å². The molecule has 0 saturated heterocycles. The van der Waals surface area contributed by atoms with Crippen molar-refractivity contribution >= 4 is 0 Å². The van der Waals surface area contributed by atoms with Crippen molar-refractivity contribution in [2.24, 2.45) is 0 Å². The number of ether oxygens (including phenoxy) is 3. The van der Waals surface area contributed by atoms with Crippen LogP contribution in [0.3, 0.4) is 0 Å². The highest BCUT2D eigenvalue weighted by Gasteiger charge is 1.63. The molecule has 0 aliphatic heterocycles. The quantitative estimate of drug-likeness (QED) is 0.668. The van der Waals surface area contributed by atoms with Crippen LogP contribution >= 0.6 is 0 Å². The summed E-state index contributed by atoms with van der Waals surface area (Å²) in [5.41, 5.74) is 0. The van der Waals surface area contributed by atoms with Gasteiger partial charge in [0, 0.05) is 35.0 Å². The summed E-state index contributed by atoms with van der Waals surface area (Å²) in [7, 11) is 5.85. The Hall–Kier alpha value is -0.160. The molecule has 0 heterocycles. The van der Waals surface area contributed by atoms with Gasteiger partial charge in [-0.2, -0.15) is 0 Å². The van der Waals surface area contributed by atoms with Crippen molar-refractivity contribution in [2.75, 3.05) is 41.8 Å². The number of rotatable bonds is 3. The number of hydrogen-bond acceptors (Lipinski definition) is 4. The lowest BCUT2D eigenvalue weighted by atomic mass is 10.9. The van der Waals surface area contributed by atoms with E-state index < -0.39 is 0 Å². The lowest BCUT2D eigenvalue weighted by Gasteiger charge is -1.87. The van der Waals surface area contributed by atoms with Gasteiger partial charge in [-0.15, -0.1) is 0 Å². The van der Waals surface area contributed by atoms with Crippen LogP contribution in [0.4, 0.5) is 0 Å². The van der Waals surface area contributed by atoms with Crippen LogP contribution in [0.15, 0.2) is 0 Å². The highest BCUT2D eigenvalue weighted by Crippen LogP contribution is 1.60. The summed E-state index contributed by atoms with van der Waals surface area (Å²) in [5, 5.41) is 7.00. The Morgan fingerprint density at radius 3 is 1.17 bits per heavy atom. The Morgan fingerprint density at radius 2 is 1.17 bits per heavy atom. The molecule has 1 N–H and O–H groups in total. The molecule has 0 fully saturated rings. The Kier molecular flexibility index (Phi) is 84.5. The normalized spacial score (nSPS) is 6.50. The van der Waals surface area contributed by atoms with E-state index in [0.29, 0.717) is 6.79 Å². The first kappa shape index (κ1) is 22.6. The van der Waals surface area contributed by atoms with Crippen LogP contribution in [0.25, 0.3) is 0 Å². The van der Waals surface area contributed by atoms with E-state index in [9.17, 15) is 0 Å². The molecule has 0 amide bonds. The molecule has 0 spiro atoms. The minimum Gasteiger partial charge on any atom is -0.400 e. The van der Waals surface area contributed by atoms with Crippen molar-refractivity contribution in [3.63, 3.8) is 0 Å². The van der Waals surface area contributed by atoms with E-state index in [1.54, 1.807) is 21.3 Å². The maximum absolute atomic E-state index is 7.00. The highest BCUT2D eigenvalue weighted by molar-refractivity contribution is 3.94. The molecule has 0 unspecified atom stereocenters. The zero-order valence-corrected chi connectivity index (χ0v) is 8.09. The molecular formula is C8H24O4. The van der Waals surface area contributed by atoms with E-state index in [0.717, 1.165) is 13.7 Å². The fraction of sp³-hybridized carbons (Fsp3) is 1.00. The maximum Gasteiger partial charge on any atom is 0.145 e. The maximum atomic E-state index is 7.00. The summed E-state index contributed by atoms with van der Waals surface area (Å²) in [5.74, 6) is 0. The van der Waals surface area contributed by atoms with Gasteiger partial charge in [0.25, 0.3) is 0 Å².